The quantitative estimate of drug-likeness (QED) is 0.545. The molecule has 1 aliphatic heterocycles. The Morgan fingerprint density at radius 2 is 2.36 bits per heavy atom. The van der Waals surface area contributed by atoms with Crippen LogP contribution in [-0.4, -0.2) is 23.3 Å². The lowest BCUT2D eigenvalue weighted by Gasteiger charge is -2.05. The Hall–Kier alpha value is -1.87. The van der Waals surface area contributed by atoms with Crippen LogP contribution in [-0.2, 0) is 0 Å². The van der Waals surface area contributed by atoms with Crippen LogP contribution in [0.15, 0.2) is 21.9 Å². The minimum absolute atomic E-state index is 0.301. The molecular formula is C9H6BN3O. The maximum absolute atomic E-state index is 11.6. The van der Waals surface area contributed by atoms with Gasteiger partial charge in [0.25, 0.3) is 0 Å². The van der Waals surface area contributed by atoms with Crippen LogP contribution in [0.2, 0.25) is 0 Å². The molecule has 0 spiro atoms. The minimum Gasteiger partial charge on any atom is -0.354 e. The Morgan fingerprint density at radius 1 is 1.57 bits per heavy atom. The van der Waals surface area contributed by atoms with Crippen LogP contribution in [0, 0.1) is 6.92 Å². The van der Waals surface area contributed by atoms with Gasteiger partial charge in [-0.1, -0.05) is 6.08 Å². The number of hydrogen-bond acceptors (Lipinski definition) is 3. The third-order valence-electron chi connectivity index (χ3n) is 1.91. The summed E-state index contributed by atoms with van der Waals surface area (Å²) in [4.78, 5) is 19.6. The zero-order valence-electron chi connectivity index (χ0n) is 7.56. The molecule has 0 fully saturated rings. The molecule has 1 aromatic rings. The molecule has 66 valence electrons. The van der Waals surface area contributed by atoms with Gasteiger partial charge in [-0.25, -0.2) is 4.98 Å². The first-order valence-electron chi connectivity index (χ1n) is 4.05. The van der Waals surface area contributed by atoms with Crippen molar-refractivity contribution in [3.8, 4) is 0 Å². The minimum atomic E-state index is -0.301. The van der Waals surface area contributed by atoms with Crippen LogP contribution < -0.4 is 5.56 Å². The second kappa shape index (κ2) is 3.12. The highest BCUT2D eigenvalue weighted by Crippen LogP contribution is 2.14. The Kier molecular flexibility index (Phi) is 1.95. The highest BCUT2D eigenvalue weighted by Gasteiger charge is 2.09. The van der Waals surface area contributed by atoms with Crippen LogP contribution >= 0.6 is 0 Å². The van der Waals surface area contributed by atoms with Gasteiger partial charge in [0, 0.05) is 0 Å². The molecule has 2 heterocycles. The van der Waals surface area contributed by atoms with Crippen molar-refractivity contribution in [2.75, 3.05) is 0 Å². The lowest BCUT2D eigenvalue weighted by Crippen LogP contribution is -2.24. The maximum Gasteiger partial charge on any atom is 0.249 e. The van der Waals surface area contributed by atoms with E-state index < -0.39 is 0 Å². The van der Waals surface area contributed by atoms with Crippen LogP contribution in [0.3, 0.4) is 0 Å². The summed E-state index contributed by atoms with van der Waals surface area (Å²) in [5.41, 5.74) is 0.0870. The summed E-state index contributed by atoms with van der Waals surface area (Å²) < 4.78 is 1.00. The van der Waals surface area contributed by atoms with Gasteiger partial charge in [-0.15, -0.1) is 0 Å². The molecule has 0 aromatic carbocycles. The summed E-state index contributed by atoms with van der Waals surface area (Å²) in [5, 5.41) is 0. The van der Waals surface area contributed by atoms with E-state index in [-0.39, 0.29) is 5.56 Å². The Bertz CT molecular complexity index is 536. The second-order valence-corrected chi connectivity index (χ2v) is 2.84. The molecule has 0 saturated carbocycles. The monoisotopic (exact) mass is 183 g/mol. The molecule has 5 heteroatoms. The van der Waals surface area contributed by atoms with Crippen molar-refractivity contribution < 1.29 is 0 Å². The van der Waals surface area contributed by atoms with E-state index in [1.165, 1.54) is 0 Å². The van der Waals surface area contributed by atoms with Crippen molar-refractivity contribution in [2.45, 2.75) is 6.92 Å². The number of nitrogens with zero attached hydrogens (tertiary/aromatic N) is 3. The lowest BCUT2D eigenvalue weighted by atomic mass is 10.2. The molecule has 14 heavy (non-hydrogen) atoms. The number of fused-ring (bicyclic) bond motifs is 1. The molecule has 1 aliphatic rings. The molecule has 2 radical (unpaired) electrons. The molecule has 0 unspecified atom stereocenters. The number of aliphatic imine (C=N–C) groups is 1. The number of rotatable bonds is 0. The fourth-order valence-electron chi connectivity index (χ4n) is 1.16. The molecule has 4 nitrogen and oxygen atoms in total. The van der Waals surface area contributed by atoms with Crippen molar-refractivity contribution in [1.82, 2.24) is 9.46 Å². The zero-order valence-corrected chi connectivity index (χ0v) is 7.56. The van der Waals surface area contributed by atoms with E-state index >= 15 is 0 Å². The van der Waals surface area contributed by atoms with Crippen molar-refractivity contribution in [3.05, 3.63) is 33.9 Å². The molecule has 0 bridgehead atoms. The van der Waals surface area contributed by atoms with Crippen LogP contribution in [0.25, 0.3) is 6.08 Å². The fraction of sp³-hybridized carbons (Fsp3) is 0.111. The normalized spacial score (nSPS) is 12.6. The van der Waals surface area contributed by atoms with Crippen molar-refractivity contribution in [1.29, 1.82) is 0 Å². The van der Waals surface area contributed by atoms with Crippen LogP contribution in [0.5, 0.6) is 0 Å². The number of aromatic nitrogens is 2. The highest BCUT2D eigenvalue weighted by atomic mass is 16.1. The SMILES string of the molecule is [B]n1c(C)nc2c(c1=O)C=CC=C=N2. The Labute approximate surface area is 81.8 Å². The third kappa shape index (κ3) is 1.24. The van der Waals surface area contributed by atoms with Crippen LogP contribution in [0.1, 0.15) is 11.4 Å². The number of aryl methyl sites for hydroxylation is 1. The van der Waals surface area contributed by atoms with E-state index in [9.17, 15) is 4.79 Å². The topological polar surface area (TPSA) is 47.2 Å². The van der Waals surface area contributed by atoms with Gasteiger partial charge in [-0.3, -0.25) is 4.79 Å². The summed E-state index contributed by atoms with van der Waals surface area (Å²) in [6.45, 7) is 1.65. The van der Waals surface area contributed by atoms with Crippen molar-refractivity contribution in [3.63, 3.8) is 0 Å². The van der Waals surface area contributed by atoms with Gasteiger partial charge in [0.1, 0.15) is 0 Å². The standard InChI is InChI=1S/C9H6BN3O/c1-6-12-8-7(9(14)13(6)10)4-2-3-5-11-8/h2-4H,1H3. The molecule has 0 aliphatic carbocycles. The van der Waals surface area contributed by atoms with Crippen molar-refractivity contribution in [2.24, 2.45) is 4.99 Å². The predicted molar refractivity (Wildman–Crippen MR) is 55.1 cm³/mol. The van der Waals surface area contributed by atoms with Gasteiger partial charge in [0.2, 0.25) is 13.5 Å². The zero-order chi connectivity index (χ0) is 10.1. The summed E-state index contributed by atoms with van der Waals surface area (Å²) in [7, 11) is 5.49. The van der Waals surface area contributed by atoms with Crippen molar-refractivity contribution >= 4 is 25.7 Å². The van der Waals surface area contributed by atoms with E-state index in [2.05, 4.69) is 15.8 Å². The van der Waals surface area contributed by atoms with Gasteiger partial charge in [0.05, 0.1) is 11.4 Å². The second-order valence-electron chi connectivity index (χ2n) is 2.84. The number of allylic oxidation sites excluding steroid dienone is 2. The van der Waals surface area contributed by atoms with E-state index in [0.717, 1.165) is 4.48 Å². The largest absolute Gasteiger partial charge is 0.354 e. The molecule has 0 atom stereocenters. The number of hydrogen-bond donors (Lipinski definition) is 0. The summed E-state index contributed by atoms with van der Waals surface area (Å²) in [6, 6.07) is 0. The third-order valence-corrected chi connectivity index (χ3v) is 1.91. The molecule has 0 N–H and O–H groups in total. The van der Waals surface area contributed by atoms with Gasteiger partial charge < -0.3 is 4.48 Å². The smallest absolute Gasteiger partial charge is 0.249 e. The van der Waals surface area contributed by atoms with Gasteiger partial charge in [-0.2, -0.15) is 4.99 Å². The molecular weight excluding hydrogens is 177 g/mol. The van der Waals surface area contributed by atoms with Gasteiger partial charge in [0.15, 0.2) is 5.82 Å². The van der Waals surface area contributed by atoms with E-state index in [0.29, 0.717) is 17.2 Å². The predicted octanol–water partition coefficient (Wildman–Crippen LogP) is 0.368. The van der Waals surface area contributed by atoms with E-state index in [1.807, 2.05) is 0 Å². The fourth-order valence-corrected chi connectivity index (χ4v) is 1.16. The average molecular weight is 183 g/mol. The van der Waals surface area contributed by atoms with E-state index in [1.54, 1.807) is 25.2 Å². The highest BCUT2D eigenvalue weighted by molar-refractivity contribution is 6.06. The van der Waals surface area contributed by atoms with Crippen LogP contribution in [0.4, 0.5) is 5.82 Å². The summed E-state index contributed by atoms with van der Waals surface area (Å²) in [5.74, 6) is 3.42. The lowest BCUT2D eigenvalue weighted by molar-refractivity contribution is 0.947. The molecule has 0 amide bonds. The first-order chi connectivity index (χ1) is 6.70. The summed E-state index contributed by atoms with van der Waals surface area (Å²) >= 11 is 0. The van der Waals surface area contributed by atoms with E-state index in [4.69, 9.17) is 7.98 Å². The van der Waals surface area contributed by atoms with Gasteiger partial charge in [-0.05, 0) is 24.9 Å². The molecule has 2 rings (SSSR count). The first-order valence-corrected chi connectivity index (χ1v) is 4.05. The molecule has 0 saturated heterocycles. The average Bonchev–Trinajstić information content (AvgIpc) is 2.39. The first kappa shape index (κ1) is 8.72. The molecule has 1 aromatic heterocycles. The Morgan fingerprint density at radius 3 is 3.14 bits per heavy atom. The Balaban J connectivity index is 2.86. The summed E-state index contributed by atoms with van der Waals surface area (Å²) in [6.07, 6.45) is 4.90. The maximum atomic E-state index is 11.6. The van der Waals surface area contributed by atoms with Gasteiger partial charge >= 0.3 is 0 Å².